The molecule has 5 heteroatoms. The van der Waals surface area contributed by atoms with Crippen LogP contribution in [0.15, 0.2) is 29.7 Å². The van der Waals surface area contributed by atoms with E-state index in [1.165, 1.54) is 0 Å². The summed E-state index contributed by atoms with van der Waals surface area (Å²) in [5, 5.41) is 0. The van der Waals surface area contributed by atoms with E-state index in [-0.39, 0.29) is 6.04 Å². The van der Waals surface area contributed by atoms with Crippen molar-refractivity contribution in [2.75, 3.05) is 12.3 Å². The number of aryl methyl sites for hydroxylation is 2. The molecule has 1 aliphatic carbocycles. The first-order valence-corrected chi connectivity index (χ1v) is 8.81. The predicted molar refractivity (Wildman–Crippen MR) is 86.7 cm³/mol. The molecule has 4 nitrogen and oxygen atoms in total. The second-order valence-electron chi connectivity index (χ2n) is 5.79. The normalized spacial score (nSPS) is 16.5. The Bertz CT molecular complexity index is 609. The van der Waals surface area contributed by atoms with Gasteiger partial charge in [0, 0.05) is 18.3 Å². The summed E-state index contributed by atoms with van der Waals surface area (Å²) in [6, 6.07) is 3.53. The van der Waals surface area contributed by atoms with Gasteiger partial charge in [-0.25, -0.2) is 8.42 Å². The molecule has 1 aromatic carbocycles. The maximum atomic E-state index is 13.1. The molecular formula is C16H24N2O2S. The molecule has 116 valence electrons. The number of hydrogen-bond acceptors (Lipinski definition) is 3. The van der Waals surface area contributed by atoms with Crippen LogP contribution in [0.2, 0.25) is 0 Å². The lowest BCUT2D eigenvalue weighted by Gasteiger charge is -2.28. The smallest absolute Gasteiger partial charge is 0.244 e. The molecule has 0 unspecified atom stereocenters. The third-order valence-corrected chi connectivity index (χ3v) is 6.31. The average Bonchev–Trinajstić information content (AvgIpc) is 2.87. The largest absolute Gasteiger partial charge is 0.399 e. The van der Waals surface area contributed by atoms with Gasteiger partial charge in [0.2, 0.25) is 10.0 Å². The second kappa shape index (κ2) is 6.20. The first-order chi connectivity index (χ1) is 9.87. The van der Waals surface area contributed by atoms with Crippen LogP contribution < -0.4 is 5.73 Å². The monoisotopic (exact) mass is 308 g/mol. The van der Waals surface area contributed by atoms with E-state index >= 15 is 0 Å². The van der Waals surface area contributed by atoms with Crippen molar-refractivity contribution < 1.29 is 8.42 Å². The van der Waals surface area contributed by atoms with E-state index < -0.39 is 10.0 Å². The molecule has 1 aliphatic rings. The Morgan fingerprint density at radius 2 is 1.81 bits per heavy atom. The summed E-state index contributed by atoms with van der Waals surface area (Å²) in [5.41, 5.74) is 7.82. The van der Waals surface area contributed by atoms with Crippen molar-refractivity contribution >= 4 is 15.7 Å². The highest BCUT2D eigenvalue weighted by atomic mass is 32.2. The molecule has 0 saturated heterocycles. The predicted octanol–water partition coefficient (Wildman–Crippen LogP) is 3.00. The van der Waals surface area contributed by atoms with Gasteiger partial charge in [-0.2, -0.15) is 4.31 Å². The van der Waals surface area contributed by atoms with E-state index in [1.807, 2.05) is 0 Å². The van der Waals surface area contributed by atoms with Crippen molar-refractivity contribution in [3.8, 4) is 0 Å². The molecular weight excluding hydrogens is 284 g/mol. The summed E-state index contributed by atoms with van der Waals surface area (Å²) in [7, 11) is -3.52. The maximum absolute atomic E-state index is 13.1. The number of nitrogen functional groups attached to an aromatic ring is 1. The van der Waals surface area contributed by atoms with E-state index in [4.69, 9.17) is 5.73 Å². The van der Waals surface area contributed by atoms with Crippen LogP contribution in [0, 0.1) is 13.8 Å². The highest BCUT2D eigenvalue weighted by Gasteiger charge is 2.34. The quantitative estimate of drug-likeness (QED) is 0.672. The lowest BCUT2D eigenvalue weighted by Crippen LogP contribution is -2.39. The second-order valence-corrected chi connectivity index (χ2v) is 7.61. The topological polar surface area (TPSA) is 63.4 Å². The highest BCUT2D eigenvalue weighted by molar-refractivity contribution is 7.89. The minimum atomic E-state index is -3.52. The number of benzene rings is 1. The molecule has 0 heterocycles. The van der Waals surface area contributed by atoms with E-state index in [2.05, 4.69) is 6.58 Å². The molecule has 2 N–H and O–H groups in total. The molecule has 0 radical (unpaired) electrons. The summed E-state index contributed by atoms with van der Waals surface area (Å²) in [6.45, 7) is 7.67. The molecule has 0 aromatic heterocycles. The summed E-state index contributed by atoms with van der Waals surface area (Å²) < 4.78 is 27.8. The van der Waals surface area contributed by atoms with Crippen LogP contribution in [-0.2, 0) is 10.0 Å². The number of sulfonamides is 1. The van der Waals surface area contributed by atoms with Crippen LogP contribution in [0.5, 0.6) is 0 Å². The van der Waals surface area contributed by atoms with E-state index in [1.54, 1.807) is 36.4 Å². The van der Waals surface area contributed by atoms with E-state index in [0.717, 1.165) is 25.7 Å². The Hall–Kier alpha value is -1.33. The SMILES string of the molecule is C=CCN(C1CCCC1)S(=O)(=O)c1c(C)cc(N)cc1C. The lowest BCUT2D eigenvalue weighted by molar-refractivity contribution is 0.347. The van der Waals surface area contributed by atoms with Crippen molar-refractivity contribution in [3.63, 3.8) is 0 Å². The van der Waals surface area contributed by atoms with Gasteiger partial charge in [0.15, 0.2) is 0 Å². The van der Waals surface area contributed by atoms with Gasteiger partial charge in [-0.3, -0.25) is 0 Å². The van der Waals surface area contributed by atoms with Crippen molar-refractivity contribution in [3.05, 3.63) is 35.9 Å². The minimum absolute atomic E-state index is 0.0874. The number of nitrogens with zero attached hydrogens (tertiary/aromatic N) is 1. The average molecular weight is 308 g/mol. The van der Waals surface area contributed by atoms with Crippen molar-refractivity contribution in [2.24, 2.45) is 0 Å². The Labute approximate surface area is 127 Å². The number of nitrogens with two attached hydrogens (primary N) is 1. The Kier molecular flexibility index (Phi) is 4.74. The molecule has 1 fully saturated rings. The van der Waals surface area contributed by atoms with Crippen LogP contribution in [-0.4, -0.2) is 25.3 Å². The molecule has 1 aromatic rings. The number of anilines is 1. The van der Waals surface area contributed by atoms with Gasteiger partial charge in [0.25, 0.3) is 0 Å². The van der Waals surface area contributed by atoms with E-state index in [9.17, 15) is 8.42 Å². The van der Waals surface area contributed by atoms with Crippen LogP contribution in [0.3, 0.4) is 0 Å². The van der Waals surface area contributed by atoms with E-state index in [0.29, 0.717) is 28.3 Å². The van der Waals surface area contributed by atoms with Gasteiger partial charge < -0.3 is 5.73 Å². The summed E-state index contributed by atoms with van der Waals surface area (Å²) >= 11 is 0. The van der Waals surface area contributed by atoms with Crippen molar-refractivity contribution in [1.29, 1.82) is 0 Å². The Morgan fingerprint density at radius 1 is 1.29 bits per heavy atom. The van der Waals surface area contributed by atoms with Crippen molar-refractivity contribution in [2.45, 2.75) is 50.5 Å². The Morgan fingerprint density at radius 3 is 2.29 bits per heavy atom. The van der Waals surface area contributed by atoms with Gasteiger partial charge in [0.1, 0.15) is 0 Å². The first kappa shape index (κ1) is 16.0. The summed E-state index contributed by atoms with van der Waals surface area (Å²) in [6.07, 6.45) is 5.71. The first-order valence-electron chi connectivity index (χ1n) is 7.37. The maximum Gasteiger partial charge on any atom is 0.244 e. The fraction of sp³-hybridized carbons (Fsp3) is 0.500. The van der Waals surface area contributed by atoms with Crippen LogP contribution in [0.1, 0.15) is 36.8 Å². The van der Waals surface area contributed by atoms with Gasteiger partial charge in [-0.15, -0.1) is 6.58 Å². The van der Waals surface area contributed by atoms with Crippen LogP contribution >= 0.6 is 0 Å². The molecule has 21 heavy (non-hydrogen) atoms. The standard InChI is InChI=1S/C16H24N2O2S/c1-4-9-18(15-7-5-6-8-15)21(19,20)16-12(2)10-14(17)11-13(16)3/h4,10-11,15H,1,5-9,17H2,2-3H3. The molecule has 0 aliphatic heterocycles. The van der Waals surface area contributed by atoms with Crippen LogP contribution in [0.4, 0.5) is 5.69 Å². The highest BCUT2D eigenvalue weighted by Crippen LogP contribution is 2.32. The molecule has 2 rings (SSSR count). The fourth-order valence-electron chi connectivity index (χ4n) is 3.27. The van der Waals surface area contributed by atoms with Gasteiger partial charge in [-0.05, 0) is 49.9 Å². The number of rotatable bonds is 5. The minimum Gasteiger partial charge on any atom is -0.399 e. The third-order valence-electron chi connectivity index (χ3n) is 4.09. The molecule has 1 saturated carbocycles. The third kappa shape index (κ3) is 3.14. The molecule has 0 bridgehead atoms. The van der Waals surface area contributed by atoms with Gasteiger partial charge in [-0.1, -0.05) is 18.9 Å². The molecule has 0 atom stereocenters. The fourth-order valence-corrected chi connectivity index (χ4v) is 5.34. The van der Waals surface area contributed by atoms with Crippen LogP contribution in [0.25, 0.3) is 0 Å². The molecule has 0 spiro atoms. The zero-order valence-corrected chi connectivity index (χ0v) is 13.6. The zero-order chi connectivity index (χ0) is 15.6. The van der Waals surface area contributed by atoms with Crippen molar-refractivity contribution in [1.82, 2.24) is 4.31 Å². The lowest BCUT2D eigenvalue weighted by atomic mass is 10.1. The van der Waals surface area contributed by atoms with Gasteiger partial charge in [0.05, 0.1) is 4.90 Å². The van der Waals surface area contributed by atoms with Gasteiger partial charge >= 0.3 is 0 Å². The molecule has 0 amide bonds. The summed E-state index contributed by atoms with van der Waals surface area (Å²) in [5.74, 6) is 0. The Balaban J connectivity index is 2.50. The number of hydrogen-bond donors (Lipinski definition) is 1. The zero-order valence-electron chi connectivity index (χ0n) is 12.8. The summed E-state index contributed by atoms with van der Waals surface area (Å²) in [4.78, 5) is 0.394.